The van der Waals surface area contributed by atoms with Crippen LogP contribution in [0.1, 0.15) is 72.6 Å². The molecule has 0 amide bonds. The molecule has 0 aliphatic rings. The normalized spacial score (nSPS) is 8.00. The molecule has 0 unspecified atom stereocenters. The number of carbonyl (C=O) groups excluding carboxylic acids is 2. The van der Waals surface area contributed by atoms with Gasteiger partial charge in [-0.3, -0.25) is 9.59 Å². The van der Waals surface area contributed by atoms with Crippen LogP contribution in [-0.2, 0) is 40.5 Å². The Morgan fingerprint density at radius 1 is 0.792 bits per heavy atom. The molecule has 146 valence electrons. The number of esters is 1. The van der Waals surface area contributed by atoms with Crippen molar-refractivity contribution >= 4 is 11.8 Å². The summed E-state index contributed by atoms with van der Waals surface area (Å²) < 4.78 is 4.20. The van der Waals surface area contributed by atoms with Gasteiger partial charge in [-0.15, -0.1) is 0 Å². The summed E-state index contributed by atoms with van der Waals surface area (Å²) in [7, 11) is 1.26. The van der Waals surface area contributed by atoms with Gasteiger partial charge in [-0.1, -0.05) is 40.0 Å². The van der Waals surface area contributed by atoms with Gasteiger partial charge in [0.1, 0.15) is 12.2 Å². The average Bonchev–Trinajstić information content (AvgIpc) is 2.51. The van der Waals surface area contributed by atoms with E-state index >= 15 is 0 Å². The van der Waals surface area contributed by atoms with Gasteiger partial charge < -0.3 is 20.1 Å². The first-order valence-electron chi connectivity index (χ1n) is 8.30. The quantitative estimate of drug-likeness (QED) is 0.404. The fourth-order valence-corrected chi connectivity index (χ4v) is 0.750. The van der Waals surface area contributed by atoms with Crippen molar-refractivity contribution in [1.29, 1.82) is 0 Å². The Morgan fingerprint density at radius 3 is 1.12 bits per heavy atom. The Bertz CT molecular complexity index is 205. The number of methoxy groups -OCH3 is 1. The van der Waals surface area contributed by atoms with Gasteiger partial charge in [0, 0.05) is 46.0 Å². The molecule has 0 aromatic carbocycles. The number of carbonyl (C=O) groups is 2. The molecular formula is C17H38O6Zr. The van der Waals surface area contributed by atoms with Crippen LogP contribution >= 0.6 is 0 Å². The number of ether oxygens (including phenoxy) is 1. The number of aliphatic hydroxyl groups is 3. The number of aliphatic hydroxyl groups excluding tert-OH is 3. The van der Waals surface area contributed by atoms with E-state index in [1.165, 1.54) is 14.0 Å². The maximum Gasteiger partial charge on any atom is 0.313 e. The number of Topliss-reactive ketones (excluding diaryl/α,β-unsaturated/α-hetero) is 1. The summed E-state index contributed by atoms with van der Waals surface area (Å²) in [6, 6.07) is 0. The van der Waals surface area contributed by atoms with E-state index in [1.54, 1.807) is 0 Å². The number of rotatable bonds is 8. The minimum Gasteiger partial charge on any atom is -0.469 e. The van der Waals surface area contributed by atoms with Crippen molar-refractivity contribution in [2.24, 2.45) is 0 Å². The molecule has 0 aliphatic carbocycles. The van der Waals surface area contributed by atoms with Gasteiger partial charge in [-0.2, -0.15) is 0 Å². The van der Waals surface area contributed by atoms with E-state index in [9.17, 15) is 9.59 Å². The summed E-state index contributed by atoms with van der Waals surface area (Å²) >= 11 is 0. The summed E-state index contributed by atoms with van der Waals surface area (Å²) in [5.41, 5.74) is 0. The molecule has 0 aromatic rings. The third-order valence-corrected chi connectivity index (χ3v) is 2.16. The predicted octanol–water partition coefficient (Wildman–Crippen LogP) is 2.47. The predicted molar refractivity (Wildman–Crippen MR) is 93.3 cm³/mol. The molecule has 0 saturated carbocycles. The van der Waals surface area contributed by atoms with Crippen LogP contribution < -0.4 is 0 Å². The van der Waals surface area contributed by atoms with Gasteiger partial charge in [0.2, 0.25) is 0 Å². The van der Waals surface area contributed by atoms with Crippen LogP contribution in [0.2, 0.25) is 0 Å². The number of unbranched alkanes of at least 4 members (excludes halogenated alkanes) is 3. The molecule has 0 bridgehead atoms. The second-order valence-electron chi connectivity index (χ2n) is 4.69. The van der Waals surface area contributed by atoms with E-state index < -0.39 is 5.97 Å². The van der Waals surface area contributed by atoms with Crippen molar-refractivity contribution in [3.05, 3.63) is 0 Å². The standard InChI is InChI=1S/C5H8O3.3C4H10O.Zr/c1-4(6)3-5(7)8-2;3*1-2-3-4-5;/h3H2,1-2H3;3*5H,2-4H2,1H3;. The number of hydrogen-bond donors (Lipinski definition) is 3. The molecule has 0 atom stereocenters. The molecule has 6 nitrogen and oxygen atoms in total. The molecule has 7 heteroatoms. The van der Waals surface area contributed by atoms with Crippen LogP contribution in [0.15, 0.2) is 0 Å². The summed E-state index contributed by atoms with van der Waals surface area (Å²) in [4.78, 5) is 20.3. The van der Waals surface area contributed by atoms with Crippen LogP contribution in [0.4, 0.5) is 0 Å². The van der Waals surface area contributed by atoms with Crippen molar-refractivity contribution in [2.45, 2.75) is 72.6 Å². The summed E-state index contributed by atoms with van der Waals surface area (Å²) in [6.45, 7) is 8.53. The zero-order valence-electron chi connectivity index (χ0n) is 16.1. The average molecular weight is 430 g/mol. The van der Waals surface area contributed by atoms with Crippen LogP contribution in [0.25, 0.3) is 0 Å². The zero-order chi connectivity index (χ0) is 18.9. The van der Waals surface area contributed by atoms with E-state index in [0.29, 0.717) is 19.8 Å². The summed E-state index contributed by atoms with van der Waals surface area (Å²) in [5, 5.41) is 24.2. The maximum absolute atomic E-state index is 10.2. The Hall–Kier alpha value is -0.0969. The van der Waals surface area contributed by atoms with Crippen molar-refractivity contribution < 1.29 is 55.8 Å². The third-order valence-electron chi connectivity index (χ3n) is 2.16. The Labute approximate surface area is 167 Å². The second kappa shape index (κ2) is 38.5. The second-order valence-corrected chi connectivity index (χ2v) is 4.69. The van der Waals surface area contributed by atoms with E-state index in [0.717, 1.165) is 38.5 Å². The van der Waals surface area contributed by atoms with E-state index in [4.69, 9.17) is 15.3 Å². The minimum absolute atomic E-state index is 0. The van der Waals surface area contributed by atoms with Crippen molar-refractivity contribution in [1.82, 2.24) is 0 Å². The first-order chi connectivity index (χ1) is 10.9. The third kappa shape index (κ3) is 67.5. The molecule has 0 aliphatic heterocycles. The van der Waals surface area contributed by atoms with Crippen LogP contribution in [0.5, 0.6) is 0 Å². The van der Waals surface area contributed by atoms with Gasteiger partial charge >= 0.3 is 5.97 Å². The fraction of sp³-hybridized carbons (Fsp3) is 0.882. The SMILES string of the molecule is CCCCO.CCCCO.CCCCO.COC(=O)CC(C)=O.[Zr]. The first-order valence-corrected chi connectivity index (χ1v) is 8.30. The van der Waals surface area contributed by atoms with Crippen molar-refractivity contribution in [3.63, 3.8) is 0 Å². The molecule has 24 heavy (non-hydrogen) atoms. The Kier molecular flexibility index (Phi) is 56.2. The number of hydrogen-bond acceptors (Lipinski definition) is 6. The molecule has 0 aromatic heterocycles. The maximum atomic E-state index is 10.2. The molecule has 0 saturated heterocycles. The first kappa shape index (κ1) is 35.1. The van der Waals surface area contributed by atoms with Crippen LogP contribution in [0, 0.1) is 0 Å². The molecule has 3 N–H and O–H groups in total. The Morgan fingerprint density at radius 2 is 1.08 bits per heavy atom. The van der Waals surface area contributed by atoms with Gasteiger partial charge in [0.05, 0.1) is 7.11 Å². The minimum atomic E-state index is -0.475. The molecule has 0 radical (unpaired) electrons. The van der Waals surface area contributed by atoms with E-state index in [2.05, 4.69) is 25.5 Å². The topological polar surface area (TPSA) is 104 Å². The van der Waals surface area contributed by atoms with Gasteiger partial charge in [0.15, 0.2) is 0 Å². The van der Waals surface area contributed by atoms with Crippen LogP contribution in [0.3, 0.4) is 0 Å². The molecule has 0 fully saturated rings. The fourth-order valence-electron chi connectivity index (χ4n) is 0.750. The van der Waals surface area contributed by atoms with Gasteiger partial charge in [-0.05, 0) is 26.2 Å². The number of ketones is 1. The Balaban J connectivity index is -0.0000000677. The zero-order valence-corrected chi connectivity index (χ0v) is 18.6. The van der Waals surface area contributed by atoms with Crippen molar-refractivity contribution in [3.8, 4) is 0 Å². The van der Waals surface area contributed by atoms with Gasteiger partial charge in [0.25, 0.3) is 0 Å². The van der Waals surface area contributed by atoms with Crippen molar-refractivity contribution in [2.75, 3.05) is 26.9 Å². The molecule has 0 spiro atoms. The summed E-state index contributed by atoms with van der Waals surface area (Å²) in [5.74, 6) is -0.644. The van der Waals surface area contributed by atoms with Crippen LogP contribution in [-0.4, -0.2) is 54.0 Å². The molecular weight excluding hydrogens is 391 g/mol. The van der Waals surface area contributed by atoms with E-state index in [1.807, 2.05) is 0 Å². The molecule has 0 rings (SSSR count). The largest absolute Gasteiger partial charge is 0.469 e. The van der Waals surface area contributed by atoms with Gasteiger partial charge in [-0.25, -0.2) is 0 Å². The van der Waals surface area contributed by atoms with E-state index in [-0.39, 0.29) is 38.4 Å². The smallest absolute Gasteiger partial charge is 0.313 e. The summed E-state index contributed by atoms with van der Waals surface area (Å²) in [6.07, 6.45) is 6.00. The molecule has 0 heterocycles. The monoisotopic (exact) mass is 428 g/mol.